The zero-order valence-corrected chi connectivity index (χ0v) is 17.3. The summed E-state index contributed by atoms with van der Waals surface area (Å²) < 4.78 is 22.4. The van der Waals surface area contributed by atoms with Crippen molar-refractivity contribution in [3.63, 3.8) is 0 Å². The van der Waals surface area contributed by atoms with Gasteiger partial charge in [-0.05, 0) is 23.8 Å². The normalized spacial score (nSPS) is 17.5. The lowest BCUT2D eigenvalue weighted by molar-refractivity contribution is 0.174. The van der Waals surface area contributed by atoms with Crippen LogP contribution in [0.15, 0.2) is 36.7 Å². The number of benzene rings is 2. The molecule has 5 rings (SSSR count). The third-order valence-corrected chi connectivity index (χ3v) is 5.79. The zero-order chi connectivity index (χ0) is 21.4. The van der Waals surface area contributed by atoms with E-state index in [1.807, 2.05) is 18.2 Å². The van der Waals surface area contributed by atoms with Crippen molar-refractivity contribution in [2.24, 2.45) is 0 Å². The molecule has 2 aromatic carbocycles. The minimum atomic E-state index is 0.0846. The van der Waals surface area contributed by atoms with Crippen molar-refractivity contribution in [2.45, 2.75) is 6.04 Å². The van der Waals surface area contributed by atoms with E-state index in [1.54, 1.807) is 26.6 Å². The molecule has 3 aromatic rings. The predicted molar refractivity (Wildman–Crippen MR) is 115 cm³/mol. The molecule has 8 heteroatoms. The van der Waals surface area contributed by atoms with Gasteiger partial charge in [-0.25, -0.2) is 0 Å². The van der Waals surface area contributed by atoms with E-state index in [2.05, 4.69) is 27.3 Å². The van der Waals surface area contributed by atoms with Crippen LogP contribution in [0.3, 0.4) is 0 Å². The summed E-state index contributed by atoms with van der Waals surface area (Å²) in [5.41, 5.74) is 2.51. The van der Waals surface area contributed by atoms with E-state index in [1.165, 1.54) is 0 Å². The van der Waals surface area contributed by atoms with Gasteiger partial charge in [-0.1, -0.05) is 6.07 Å². The standard InChI is InChI=1S/C23H22N4O4/c1-28-21-8-16-15(9-24)10-25-11-17(16)22(23(21)29-2)27-6-5-26-18(12-27)14-3-4-19-20(7-14)31-13-30-19/h3-4,7-8,10-11,18,26H,5-6,12-13H2,1-2H3. The number of fused-ring (bicyclic) bond motifs is 2. The first-order chi connectivity index (χ1) is 15.2. The molecule has 2 aliphatic heterocycles. The fraction of sp³-hybridized carbons (Fsp3) is 0.304. The molecule has 0 bridgehead atoms. The average Bonchev–Trinajstić information content (AvgIpc) is 3.30. The van der Waals surface area contributed by atoms with Crippen molar-refractivity contribution in [1.29, 1.82) is 5.26 Å². The average molecular weight is 418 g/mol. The first kappa shape index (κ1) is 19.3. The van der Waals surface area contributed by atoms with E-state index in [0.29, 0.717) is 23.6 Å². The number of anilines is 1. The van der Waals surface area contributed by atoms with Crippen molar-refractivity contribution in [2.75, 3.05) is 45.5 Å². The number of nitrogens with one attached hydrogen (secondary N) is 1. The molecule has 31 heavy (non-hydrogen) atoms. The third kappa shape index (κ3) is 3.23. The molecule has 1 unspecified atom stereocenters. The molecule has 1 saturated heterocycles. The molecule has 1 atom stereocenters. The number of rotatable bonds is 4. The van der Waals surface area contributed by atoms with Crippen molar-refractivity contribution >= 4 is 16.5 Å². The molecule has 1 N–H and O–H groups in total. The summed E-state index contributed by atoms with van der Waals surface area (Å²) in [4.78, 5) is 6.56. The maximum Gasteiger partial charge on any atom is 0.231 e. The predicted octanol–water partition coefficient (Wildman–Crippen LogP) is 3.00. The molecule has 0 amide bonds. The number of pyridine rings is 1. The van der Waals surface area contributed by atoms with Gasteiger partial charge in [0.05, 0.1) is 25.5 Å². The second-order valence-electron chi connectivity index (χ2n) is 7.42. The number of hydrogen-bond donors (Lipinski definition) is 1. The highest BCUT2D eigenvalue weighted by Crippen LogP contribution is 2.45. The highest BCUT2D eigenvalue weighted by atomic mass is 16.7. The SMILES string of the molecule is COc1cc2c(C#N)cncc2c(N2CCNC(c3ccc4c(c3)OCO4)C2)c1OC. The van der Waals surface area contributed by atoms with Gasteiger partial charge in [0.2, 0.25) is 6.79 Å². The van der Waals surface area contributed by atoms with Crippen LogP contribution in [0.5, 0.6) is 23.0 Å². The number of nitriles is 1. The zero-order valence-electron chi connectivity index (χ0n) is 17.3. The highest BCUT2D eigenvalue weighted by molar-refractivity contribution is 6.01. The maximum absolute atomic E-state index is 9.59. The lowest BCUT2D eigenvalue weighted by Gasteiger charge is -2.37. The van der Waals surface area contributed by atoms with Crippen molar-refractivity contribution in [3.05, 3.63) is 47.8 Å². The monoisotopic (exact) mass is 418 g/mol. The quantitative estimate of drug-likeness (QED) is 0.692. The lowest BCUT2D eigenvalue weighted by Crippen LogP contribution is -2.46. The van der Waals surface area contributed by atoms with Crippen LogP contribution in [-0.4, -0.2) is 45.6 Å². The maximum atomic E-state index is 9.59. The molecular formula is C23H22N4O4. The first-order valence-electron chi connectivity index (χ1n) is 10.0. The smallest absolute Gasteiger partial charge is 0.231 e. The molecule has 0 aliphatic carbocycles. The summed E-state index contributed by atoms with van der Waals surface area (Å²) >= 11 is 0. The van der Waals surface area contributed by atoms with E-state index in [-0.39, 0.29) is 12.8 Å². The Labute approximate surface area is 179 Å². The van der Waals surface area contributed by atoms with Crippen LogP contribution in [0.4, 0.5) is 5.69 Å². The summed E-state index contributed by atoms with van der Waals surface area (Å²) in [5, 5.41) is 14.8. The van der Waals surface area contributed by atoms with Crippen LogP contribution >= 0.6 is 0 Å². The van der Waals surface area contributed by atoms with E-state index < -0.39 is 0 Å². The summed E-state index contributed by atoms with van der Waals surface area (Å²) in [7, 11) is 3.24. The minimum absolute atomic E-state index is 0.0846. The fourth-order valence-corrected chi connectivity index (χ4v) is 4.31. The fourth-order valence-electron chi connectivity index (χ4n) is 4.31. The topological polar surface area (TPSA) is 88.9 Å². The van der Waals surface area contributed by atoms with Crippen LogP contribution in [0, 0.1) is 11.3 Å². The second kappa shape index (κ2) is 7.85. The van der Waals surface area contributed by atoms with Gasteiger partial charge in [0.1, 0.15) is 6.07 Å². The molecule has 1 fully saturated rings. The molecule has 2 aliphatic rings. The summed E-state index contributed by atoms with van der Waals surface area (Å²) in [5.74, 6) is 2.76. The van der Waals surface area contributed by atoms with E-state index in [0.717, 1.165) is 46.6 Å². The summed E-state index contributed by atoms with van der Waals surface area (Å²) in [6.45, 7) is 2.52. The van der Waals surface area contributed by atoms with Crippen LogP contribution < -0.4 is 29.2 Å². The Kier molecular flexibility index (Phi) is 4.88. The van der Waals surface area contributed by atoms with Gasteiger partial charge in [-0.2, -0.15) is 5.26 Å². The number of hydrogen-bond acceptors (Lipinski definition) is 8. The lowest BCUT2D eigenvalue weighted by atomic mass is 10.0. The number of aromatic nitrogens is 1. The molecular weight excluding hydrogens is 396 g/mol. The molecule has 0 spiro atoms. The Balaban J connectivity index is 1.59. The van der Waals surface area contributed by atoms with Gasteiger partial charge in [0.25, 0.3) is 0 Å². The number of methoxy groups -OCH3 is 2. The minimum Gasteiger partial charge on any atom is -0.493 e. The van der Waals surface area contributed by atoms with Crippen molar-refractivity contribution < 1.29 is 18.9 Å². The third-order valence-electron chi connectivity index (χ3n) is 5.79. The number of nitrogens with zero attached hydrogens (tertiary/aromatic N) is 3. The van der Waals surface area contributed by atoms with E-state index in [9.17, 15) is 5.26 Å². The Morgan fingerprint density at radius 3 is 2.81 bits per heavy atom. The van der Waals surface area contributed by atoms with Gasteiger partial charge < -0.3 is 29.2 Å². The number of ether oxygens (including phenoxy) is 4. The molecule has 8 nitrogen and oxygen atoms in total. The first-order valence-corrected chi connectivity index (χ1v) is 10.0. The Morgan fingerprint density at radius 2 is 2.00 bits per heavy atom. The Morgan fingerprint density at radius 1 is 1.13 bits per heavy atom. The van der Waals surface area contributed by atoms with Gasteiger partial charge in [0, 0.05) is 48.8 Å². The summed E-state index contributed by atoms with van der Waals surface area (Å²) in [6, 6.07) is 10.2. The number of piperazine rings is 1. The molecule has 158 valence electrons. The van der Waals surface area contributed by atoms with Gasteiger partial charge in [0.15, 0.2) is 23.0 Å². The van der Waals surface area contributed by atoms with Crippen molar-refractivity contribution in [1.82, 2.24) is 10.3 Å². The molecule has 0 saturated carbocycles. The Bertz CT molecular complexity index is 1190. The van der Waals surface area contributed by atoms with Gasteiger partial charge in [-0.3, -0.25) is 4.98 Å². The summed E-state index contributed by atoms with van der Waals surface area (Å²) in [6.07, 6.45) is 3.36. The van der Waals surface area contributed by atoms with E-state index in [4.69, 9.17) is 18.9 Å². The van der Waals surface area contributed by atoms with Gasteiger partial charge >= 0.3 is 0 Å². The van der Waals surface area contributed by atoms with Crippen LogP contribution in [0.2, 0.25) is 0 Å². The Hall–Kier alpha value is -3.70. The van der Waals surface area contributed by atoms with Crippen LogP contribution in [0.1, 0.15) is 17.2 Å². The highest BCUT2D eigenvalue weighted by Gasteiger charge is 2.28. The largest absolute Gasteiger partial charge is 0.493 e. The van der Waals surface area contributed by atoms with Crippen molar-refractivity contribution in [3.8, 4) is 29.1 Å². The molecule has 3 heterocycles. The van der Waals surface area contributed by atoms with Crippen LogP contribution in [0.25, 0.3) is 10.8 Å². The molecule has 0 radical (unpaired) electrons. The van der Waals surface area contributed by atoms with Crippen LogP contribution in [-0.2, 0) is 0 Å². The second-order valence-corrected chi connectivity index (χ2v) is 7.42. The van der Waals surface area contributed by atoms with Gasteiger partial charge in [-0.15, -0.1) is 0 Å². The molecule has 1 aromatic heterocycles. The van der Waals surface area contributed by atoms with E-state index >= 15 is 0 Å².